The van der Waals surface area contributed by atoms with Crippen LogP contribution in [0.3, 0.4) is 0 Å². The van der Waals surface area contributed by atoms with E-state index in [-0.39, 0.29) is 0 Å². The molecule has 0 bridgehead atoms. The molecule has 0 aliphatic heterocycles. The first-order chi connectivity index (χ1) is 25.6. The van der Waals surface area contributed by atoms with Gasteiger partial charge in [0.2, 0.25) is 0 Å². The van der Waals surface area contributed by atoms with Gasteiger partial charge < -0.3 is 0 Å². The Morgan fingerprint density at radius 1 is 0.537 bits per heavy atom. The summed E-state index contributed by atoms with van der Waals surface area (Å²) in [6.45, 7) is 31.5. The van der Waals surface area contributed by atoms with Crippen LogP contribution in [0.4, 0.5) is 0 Å². The maximum absolute atomic E-state index is 4.93. The Balaban J connectivity index is 0.000000254. The van der Waals surface area contributed by atoms with E-state index in [0.29, 0.717) is 23.7 Å². The van der Waals surface area contributed by atoms with Gasteiger partial charge in [0.05, 0.1) is 0 Å². The van der Waals surface area contributed by atoms with Crippen LogP contribution in [-0.2, 0) is 20.8 Å². The molecule has 0 spiro atoms. The first-order valence-corrected chi connectivity index (χ1v) is 28.2. The van der Waals surface area contributed by atoms with Crippen LogP contribution < -0.4 is 0 Å². The van der Waals surface area contributed by atoms with E-state index in [1.807, 2.05) is 0 Å². The van der Waals surface area contributed by atoms with Gasteiger partial charge in [-0.1, -0.05) is 162 Å². The molecule has 6 aromatic rings. The molecule has 54 heavy (non-hydrogen) atoms. The van der Waals surface area contributed by atoms with E-state index in [9.17, 15) is 0 Å². The second kappa shape index (κ2) is 21.9. The molecule has 0 aliphatic carbocycles. The second-order valence-corrected chi connectivity index (χ2v) is 20.6. The average molecular weight is 855 g/mol. The Labute approximate surface area is 350 Å². The molecule has 2 radical (unpaired) electrons. The molecular formula is C50H64Cl2SiZr. The van der Waals surface area contributed by atoms with E-state index in [1.54, 1.807) is 0 Å². The molecule has 0 fully saturated rings. The van der Waals surface area contributed by atoms with E-state index in [2.05, 4.69) is 181 Å². The fraction of sp³-hybridized carbons (Fsp3) is 0.400. The van der Waals surface area contributed by atoms with Crippen molar-refractivity contribution in [2.45, 2.75) is 133 Å². The summed E-state index contributed by atoms with van der Waals surface area (Å²) in [6, 6.07) is 32.8. The van der Waals surface area contributed by atoms with Crippen LogP contribution in [0.1, 0.15) is 136 Å². The third-order valence-corrected chi connectivity index (χ3v) is 10.5. The van der Waals surface area contributed by atoms with Crippen LogP contribution in [0.25, 0.3) is 43.8 Å². The molecule has 0 nitrogen and oxygen atoms in total. The number of fused-ring (bicyclic) bond motifs is 2. The van der Waals surface area contributed by atoms with Gasteiger partial charge in [0.15, 0.2) is 0 Å². The molecule has 0 aromatic heterocycles. The van der Waals surface area contributed by atoms with Crippen LogP contribution in [0.5, 0.6) is 0 Å². The number of rotatable bonds is 8. The third kappa shape index (κ3) is 11.9. The van der Waals surface area contributed by atoms with Gasteiger partial charge in [-0.15, -0.1) is 69.1 Å². The molecule has 2 atom stereocenters. The van der Waals surface area contributed by atoms with E-state index in [0.717, 1.165) is 9.52 Å². The van der Waals surface area contributed by atoms with Crippen molar-refractivity contribution in [2.75, 3.05) is 0 Å². The monoisotopic (exact) mass is 852 g/mol. The molecule has 6 rings (SSSR count). The van der Waals surface area contributed by atoms with Gasteiger partial charge in [-0.25, -0.2) is 0 Å². The summed E-state index contributed by atoms with van der Waals surface area (Å²) in [5.41, 5.74) is 16.8. The summed E-state index contributed by atoms with van der Waals surface area (Å²) >= 11 is -0.826. The van der Waals surface area contributed by atoms with Crippen molar-refractivity contribution >= 4 is 48.1 Å². The van der Waals surface area contributed by atoms with E-state index in [4.69, 9.17) is 17.0 Å². The molecule has 0 saturated heterocycles. The number of aryl methyl sites for hydroxylation is 4. The van der Waals surface area contributed by atoms with Crippen molar-refractivity contribution in [3.8, 4) is 22.3 Å². The van der Waals surface area contributed by atoms with Crippen molar-refractivity contribution in [2.24, 2.45) is 0 Å². The Bertz CT molecular complexity index is 1890. The molecule has 0 aliphatic rings. The van der Waals surface area contributed by atoms with Gasteiger partial charge >= 0.3 is 37.9 Å². The van der Waals surface area contributed by atoms with Gasteiger partial charge in [-0.3, -0.25) is 0 Å². The summed E-state index contributed by atoms with van der Waals surface area (Å²) < 4.78 is 0. The number of hydrogen-bond donors (Lipinski definition) is 0. The van der Waals surface area contributed by atoms with Crippen molar-refractivity contribution in [3.05, 3.63) is 129 Å². The predicted octanol–water partition coefficient (Wildman–Crippen LogP) is 17.1. The minimum absolute atomic E-state index is 0.521. The van der Waals surface area contributed by atoms with Crippen LogP contribution in [0.2, 0.25) is 13.1 Å². The van der Waals surface area contributed by atoms with Crippen LogP contribution in [0, 0.1) is 27.7 Å². The molecule has 0 amide bonds. The predicted molar refractivity (Wildman–Crippen MR) is 244 cm³/mol. The van der Waals surface area contributed by atoms with Crippen molar-refractivity contribution in [3.63, 3.8) is 0 Å². The fourth-order valence-corrected chi connectivity index (χ4v) is 7.53. The molecule has 2 unspecified atom stereocenters. The molecule has 6 aromatic carbocycles. The molecule has 286 valence electrons. The minimum atomic E-state index is -0.826. The van der Waals surface area contributed by atoms with Gasteiger partial charge in [-0.2, -0.15) is 12.1 Å². The maximum atomic E-state index is 4.93. The Hall–Kier alpha value is -2.22. The van der Waals surface area contributed by atoms with E-state index < -0.39 is 20.8 Å². The van der Waals surface area contributed by atoms with Gasteiger partial charge in [-0.05, 0) is 62.5 Å². The van der Waals surface area contributed by atoms with E-state index in [1.165, 1.54) is 101 Å². The van der Waals surface area contributed by atoms with Gasteiger partial charge in [0, 0.05) is 9.52 Å². The Morgan fingerprint density at radius 2 is 0.833 bits per heavy atom. The van der Waals surface area contributed by atoms with Crippen LogP contribution >= 0.6 is 17.0 Å². The summed E-state index contributed by atoms with van der Waals surface area (Å²) in [4.78, 5) is 0. The SMILES string of the molecule is CCC(C)c1cc2c(-c3cc(C)cc(C)c3)c(C(C)C)ccc2[cH-]1.CCC(C)c1cc2c(-c3cc(C)cc(C)c3)c(C(C)C)ccc2[cH-]1.C[Si]C.[Cl][Zr+2][Cl]. The summed E-state index contributed by atoms with van der Waals surface area (Å²) in [5.74, 6) is 2.28. The summed E-state index contributed by atoms with van der Waals surface area (Å²) in [6.07, 6.45) is 2.37. The molecular weight excluding hydrogens is 791 g/mol. The zero-order valence-corrected chi connectivity index (χ0v) is 40.5. The normalized spacial score (nSPS) is 12.0. The number of halogens is 2. The number of benzene rings is 4. The molecule has 0 N–H and O–H groups in total. The van der Waals surface area contributed by atoms with Crippen molar-refractivity contribution in [1.29, 1.82) is 0 Å². The molecule has 0 heterocycles. The number of hydrogen-bond acceptors (Lipinski definition) is 0. The molecule has 0 saturated carbocycles. The Morgan fingerprint density at radius 3 is 1.09 bits per heavy atom. The first kappa shape index (κ1) is 46.2. The van der Waals surface area contributed by atoms with Crippen molar-refractivity contribution < 1.29 is 20.8 Å². The van der Waals surface area contributed by atoms with Gasteiger partial charge in [0.25, 0.3) is 0 Å². The van der Waals surface area contributed by atoms with Crippen molar-refractivity contribution in [1.82, 2.24) is 0 Å². The zero-order chi connectivity index (χ0) is 40.3. The average Bonchev–Trinajstić information content (AvgIpc) is 3.75. The zero-order valence-electron chi connectivity index (χ0n) is 35.6. The second-order valence-electron chi connectivity index (χ2n) is 15.9. The Kier molecular flexibility index (Phi) is 18.7. The topological polar surface area (TPSA) is 0 Å². The van der Waals surface area contributed by atoms with Crippen LogP contribution in [-0.4, -0.2) is 9.52 Å². The standard InChI is InChI=1S/2C24H29.C2H6Si.2ClH.Zr/c2*1-7-18(6)20-13-19-8-9-22(15(2)3)24(23(19)14-20)21-11-16(4)10-17(5)12-21;1-3-2;;;/h2*8-15,18H,7H2,1-6H3;1-2H3;2*1H;/q2*-1;;;;+4/p-2. The van der Waals surface area contributed by atoms with Crippen LogP contribution in [0.15, 0.2) is 84.9 Å². The molecule has 4 heteroatoms. The first-order valence-electron chi connectivity index (χ1n) is 19.8. The summed E-state index contributed by atoms with van der Waals surface area (Å²) in [7, 11) is 11.0. The fourth-order valence-electron chi connectivity index (χ4n) is 7.53. The third-order valence-electron chi connectivity index (χ3n) is 10.5. The van der Waals surface area contributed by atoms with Gasteiger partial charge in [0.1, 0.15) is 0 Å². The van der Waals surface area contributed by atoms with E-state index >= 15 is 0 Å². The summed E-state index contributed by atoms with van der Waals surface area (Å²) in [5, 5.41) is 5.59. The quantitative estimate of drug-likeness (QED) is 0.106.